The lowest BCUT2D eigenvalue weighted by Gasteiger charge is -2.41. The van der Waals surface area contributed by atoms with Crippen LogP contribution in [0.4, 0.5) is 5.69 Å². The Morgan fingerprint density at radius 1 is 1.10 bits per heavy atom. The van der Waals surface area contributed by atoms with Crippen molar-refractivity contribution in [2.24, 2.45) is 0 Å². The molecule has 3 rings (SSSR count). The summed E-state index contributed by atoms with van der Waals surface area (Å²) in [6.45, 7) is 5.94. The fraction of sp³-hybridized carbons (Fsp3) is 0.458. The summed E-state index contributed by atoms with van der Waals surface area (Å²) >= 11 is 0. The minimum absolute atomic E-state index is 0.235. The second-order valence-corrected chi connectivity index (χ2v) is 10.1. The average molecular weight is 445 g/mol. The van der Waals surface area contributed by atoms with Gasteiger partial charge in [0.25, 0.3) is 0 Å². The summed E-state index contributed by atoms with van der Waals surface area (Å²) < 4.78 is 32.3. The predicted molar refractivity (Wildman–Crippen MR) is 124 cm³/mol. The number of aryl methyl sites for hydroxylation is 1. The van der Waals surface area contributed by atoms with E-state index < -0.39 is 10.0 Å². The number of amides is 1. The van der Waals surface area contributed by atoms with Gasteiger partial charge >= 0.3 is 0 Å². The molecule has 1 aliphatic heterocycles. The van der Waals surface area contributed by atoms with Gasteiger partial charge in [-0.25, -0.2) is 8.42 Å². The number of fused-ring (bicyclic) bond motifs is 1. The van der Waals surface area contributed by atoms with Gasteiger partial charge in [0, 0.05) is 12.0 Å². The lowest BCUT2D eigenvalue weighted by molar-refractivity contribution is -0.121. The summed E-state index contributed by atoms with van der Waals surface area (Å²) in [5, 5.41) is 3.07. The summed E-state index contributed by atoms with van der Waals surface area (Å²) in [4.78, 5) is 13.0. The van der Waals surface area contributed by atoms with Gasteiger partial charge in [0.2, 0.25) is 15.9 Å². The molecular formula is C24H32N2O4S. The van der Waals surface area contributed by atoms with E-state index in [0.717, 1.165) is 46.7 Å². The summed E-state index contributed by atoms with van der Waals surface area (Å²) in [6, 6.07) is 14.7. The van der Waals surface area contributed by atoms with Gasteiger partial charge in [-0.3, -0.25) is 9.10 Å². The van der Waals surface area contributed by atoms with Crippen molar-refractivity contribution >= 4 is 21.6 Å². The van der Waals surface area contributed by atoms with Crippen LogP contribution in [-0.4, -0.2) is 32.7 Å². The first-order valence-corrected chi connectivity index (χ1v) is 12.7. The Labute approximate surface area is 185 Å². The molecule has 0 aromatic heterocycles. The molecule has 1 amide bonds. The molecule has 1 heterocycles. The SMILES string of the molecule is CCc1ccc(N(CC(=O)NC2CC(CC)(CC)Oc3ccccc32)S(C)(=O)=O)cc1. The van der Waals surface area contributed by atoms with Crippen molar-refractivity contribution in [2.75, 3.05) is 17.1 Å². The number of rotatable bonds is 8. The monoisotopic (exact) mass is 444 g/mol. The van der Waals surface area contributed by atoms with E-state index in [1.165, 1.54) is 0 Å². The van der Waals surface area contributed by atoms with Crippen LogP contribution < -0.4 is 14.4 Å². The molecule has 0 saturated heterocycles. The lowest BCUT2D eigenvalue weighted by Crippen LogP contribution is -2.47. The van der Waals surface area contributed by atoms with E-state index in [4.69, 9.17) is 4.74 Å². The zero-order chi connectivity index (χ0) is 22.6. The molecule has 6 nitrogen and oxygen atoms in total. The topological polar surface area (TPSA) is 75.7 Å². The van der Waals surface area contributed by atoms with Crippen molar-refractivity contribution in [1.29, 1.82) is 0 Å². The third-order valence-corrected chi connectivity index (χ3v) is 7.28. The third-order valence-electron chi connectivity index (χ3n) is 6.14. The number of anilines is 1. The molecule has 168 valence electrons. The first-order valence-electron chi connectivity index (χ1n) is 10.8. The summed E-state index contributed by atoms with van der Waals surface area (Å²) in [5.41, 5.74) is 2.17. The van der Waals surface area contributed by atoms with Gasteiger partial charge in [0.05, 0.1) is 18.0 Å². The van der Waals surface area contributed by atoms with Gasteiger partial charge in [-0.2, -0.15) is 0 Å². The van der Waals surface area contributed by atoms with Crippen molar-refractivity contribution in [1.82, 2.24) is 5.32 Å². The van der Waals surface area contributed by atoms with E-state index >= 15 is 0 Å². The van der Waals surface area contributed by atoms with Gasteiger partial charge in [0.1, 0.15) is 17.9 Å². The van der Waals surface area contributed by atoms with Gasteiger partial charge in [-0.15, -0.1) is 0 Å². The summed E-state index contributed by atoms with van der Waals surface area (Å²) in [7, 11) is -3.62. The highest BCUT2D eigenvalue weighted by Crippen LogP contribution is 2.42. The molecule has 1 unspecified atom stereocenters. The highest BCUT2D eigenvalue weighted by molar-refractivity contribution is 7.92. The number of sulfonamides is 1. The second kappa shape index (κ2) is 9.30. The number of nitrogens with zero attached hydrogens (tertiary/aromatic N) is 1. The van der Waals surface area contributed by atoms with Crippen LogP contribution in [0.1, 0.15) is 57.2 Å². The van der Waals surface area contributed by atoms with Crippen molar-refractivity contribution in [3.05, 3.63) is 59.7 Å². The highest BCUT2D eigenvalue weighted by Gasteiger charge is 2.39. The van der Waals surface area contributed by atoms with Gasteiger partial charge in [-0.1, -0.05) is 51.1 Å². The minimum atomic E-state index is -3.62. The Kier molecular flexibility index (Phi) is 6.94. The zero-order valence-electron chi connectivity index (χ0n) is 18.7. The van der Waals surface area contributed by atoms with Crippen LogP contribution in [0.25, 0.3) is 0 Å². The molecule has 0 aliphatic carbocycles. The van der Waals surface area contributed by atoms with Crippen LogP contribution in [0.2, 0.25) is 0 Å². The summed E-state index contributed by atoms with van der Waals surface area (Å²) in [5.74, 6) is 0.436. The third kappa shape index (κ3) is 5.21. The predicted octanol–water partition coefficient (Wildman–Crippen LogP) is 4.21. The second-order valence-electron chi connectivity index (χ2n) is 8.14. The molecule has 0 saturated carbocycles. The fourth-order valence-corrected chi connectivity index (χ4v) is 4.95. The maximum Gasteiger partial charge on any atom is 0.241 e. The molecule has 0 fully saturated rings. The number of carbonyl (C=O) groups excluding carboxylic acids is 1. The van der Waals surface area contributed by atoms with Crippen LogP contribution in [0, 0.1) is 0 Å². The first kappa shape index (κ1) is 23.1. The van der Waals surface area contributed by atoms with Crippen molar-refractivity contribution < 1.29 is 17.9 Å². The Hall–Kier alpha value is -2.54. The fourth-order valence-electron chi connectivity index (χ4n) is 4.10. The molecule has 1 atom stereocenters. The Bertz CT molecular complexity index is 1010. The molecule has 1 aliphatic rings. The Morgan fingerprint density at radius 2 is 1.74 bits per heavy atom. The molecular weight excluding hydrogens is 412 g/mol. The van der Waals surface area contributed by atoms with Gasteiger partial charge in [0.15, 0.2) is 0 Å². The molecule has 2 aromatic rings. The number of benzene rings is 2. The van der Waals surface area contributed by atoms with Gasteiger partial charge in [-0.05, 0) is 43.0 Å². The van der Waals surface area contributed by atoms with Crippen LogP contribution in [0.15, 0.2) is 48.5 Å². The number of carbonyl (C=O) groups is 1. The molecule has 0 spiro atoms. The normalized spacial score (nSPS) is 17.4. The van der Waals surface area contributed by atoms with E-state index in [1.807, 2.05) is 43.3 Å². The maximum atomic E-state index is 13.0. The van der Waals surface area contributed by atoms with Crippen LogP contribution in [-0.2, 0) is 21.2 Å². The molecule has 31 heavy (non-hydrogen) atoms. The smallest absolute Gasteiger partial charge is 0.241 e. The van der Waals surface area contributed by atoms with E-state index in [-0.39, 0.29) is 24.1 Å². The summed E-state index contributed by atoms with van der Waals surface area (Å²) in [6.07, 6.45) is 4.27. The molecule has 1 N–H and O–H groups in total. The largest absolute Gasteiger partial charge is 0.487 e. The molecule has 7 heteroatoms. The number of nitrogens with one attached hydrogen (secondary N) is 1. The minimum Gasteiger partial charge on any atom is -0.487 e. The van der Waals surface area contributed by atoms with E-state index in [2.05, 4.69) is 19.2 Å². The molecule has 2 aromatic carbocycles. The number of hydrogen-bond acceptors (Lipinski definition) is 4. The van der Waals surface area contributed by atoms with Crippen molar-refractivity contribution in [3.8, 4) is 5.75 Å². The van der Waals surface area contributed by atoms with Crippen molar-refractivity contribution in [3.63, 3.8) is 0 Å². The average Bonchev–Trinajstić information content (AvgIpc) is 2.76. The zero-order valence-corrected chi connectivity index (χ0v) is 19.5. The van der Waals surface area contributed by atoms with E-state index in [0.29, 0.717) is 12.1 Å². The van der Waals surface area contributed by atoms with E-state index in [1.54, 1.807) is 12.1 Å². The Balaban J connectivity index is 1.83. The molecule has 0 radical (unpaired) electrons. The number of hydrogen-bond donors (Lipinski definition) is 1. The lowest BCUT2D eigenvalue weighted by atomic mass is 9.83. The number of ether oxygens (including phenoxy) is 1. The van der Waals surface area contributed by atoms with E-state index in [9.17, 15) is 13.2 Å². The quantitative estimate of drug-likeness (QED) is 0.662. The first-order chi connectivity index (χ1) is 14.7. The van der Waals surface area contributed by atoms with Crippen LogP contribution in [0.3, 0.4) is 0 Å². The van der Waals surface area contributed by atoms with Crippen LogP contribution in [0.5, 0.6) is 5.75 Å². The van der Waals surface area contributed by atoms with Crippen molar-refractivity contribution in [2.45, 2.75) is 58.1 Å². The highest BCUT2D eigenvalue weighted by atomic mass is 32.2. The van der Waals surface area contributed by atoms with Crippen LogP contribution >= 0.6 is 0 Å². The number of para-hydroxylation sites is 1. The van der Waals surface area contributed by atoms with Gasteiger partial charge < -0.3 is 10.1 Å². The Morgan fingerprint density at radius 3 is 2.32 bits per heavy atom. The standard InChI is InChI=1S/C24H32N2O4S/c1-5-18-12-14-19(15-13-18)26(31(4,28)29)17-23(27)25-21-16-24(6-2,7-3)30-22-11-9-8-10-20(21)22/h8-15,21H,5-7,16-17H2,1-4H3,(H,25,27). The molecule has 0 bridgehead atoms. The maximum absolute atomic E-state index is 13.0.